The van der Waals surface area contributed by atoms with Gasteiger partial charge in [0.15, 0.2) is 5.75 Å². The van der Waals surface area contributed by atoms with Crippen molar-refractivity contribution in [3.05, 3.63) is 46.4 Å². The highest BCUT2D eigenvalue weighted by Gasteiger charge is 2.09. The summed E-state index contributed by atoms with van der Waals surface area (Å²) >= 11 is 3.09. The van der Waals surface area contributed by atoms with Crippen molar-refractivity contribution in [2.45, 2.75) is 6.92 Å². The SMILES string of the molecule is Cc1ncccc1Oc1cc(Br)c(F)cc1N. The van der Waals surface area contributed by atoms with Crippen molar-refractivity contribution in [1.29, 1.82) is 0 Å². The summed E-state index contributed by atoms with van der Waals surface area (Å²) in [4.78, 5) is 4.09. The monoisotopic (exact) mass is 296 g/mol. The molecule has 0 aliphatic rings. The van der Waals surface area contributed by atoms with Crippen molar-refractivity contribution in [2.75, 3.05) is 5.73 Å². The molecule has 5 heteroatoms. The molecule has 0 saturated heterocycles. The quantitative estimate of drug-likeness (QED) is 0.860. The second-order valence-corrected chi connectivity index (χ2v) is 4.35. The Balaban J connectivity index is 2.37. The third-order valence-electron chi connectivity index (χ3n) is 2.23. The lowest BCUT2D eigenvalue weighted by molar-refractivity contribution is 0.475. The molecule has 0 bridgehead atoms. The summed E-state index contributed by atoms with van der Waals surface area (Å²) in [5.41, 5.74) is 6.67. The number of halogens is 2. The van der Waals surface area contributed by atoms with Gasteiger partial charge >= 0.3 is 0 Å². The zero-order chi connectivity index (χ0) is 12.4. The van der Waals surface area contributed by atoms with Gasteiger partial charge in [0, 0.05) is 18.3 Å². The van der Waals surface area contributed by atoms with Crippen LogP contribution in [0, 0.1) is 12.7 Å². The summed E-state index contributed by atoms with van der Waals surface area (Å²) in [5.74, 6) is 0.574. The maximum absolute atomic E-state index is 13.2. The number of ether oxygens (including phenoxy) is 1. The lowest BCUT2D eigenvalue weighted by Crippen LogP contribution is -1.95. The molecular formula is C12H10BrFN2O. The highest BCUT2D eigenvalue weighted by atomic mass is 79.9. The maximum Gasteiger partial charge on any atom is 0.151 e. The molecule has 0 atom stereocenters. The Bertz CT molecular complexity index is 560. The molecule has 1 aromatic heterocycles. The molecule has 0 saturated carbocycles. The topological polar surface area (TPSA) is 48.1 Å². The van der Waals surface area contributed by atoms with E-state index in [1.165, 1.54) is 12.1 Å². The Kier molecular flexibility index (Phi) is 3.28. The predicted octanol–water partition coefficient (Wildman–Crippen LogP) is 3.67. The standard InChI is InChI=1S/C12H10BrFN2O/c1-7-11(3-2-4-16-7)17-12-5-8(13)9(14)6-10(12)15/h2-6H,15H2,1H3. The van der Waals surface area contributed by atoms with Gasteiger partial charge in [-0.2, -0.15) is 0 Å². The molecule has 1 heterocycles. The van der Waals surface area contributed by atoms with Gasteiger partial charge in [0.1, 0.15) is 11.6 Å². The first-order valence-corrected chi connectivity index (χ1v) is 5.71. The van der Waals surface area contributed by atoms with Crippen molar-refractivity contribution >= 4 is 21.6 Å². The molecule has 0 radical (unpaired) electrons. The second-order valence-electron chi connectivity index (χ2n) is 3.49. The Hall–Kier alpha value is -1.62. The molecule has 0 fully saturated rings. The van der Waals surface area contributed by atoms with Crippen LogP contribution in [0.5, 0.6) is 11.5 Å². The predicted molar refractivity (Wildman–Crippen MR) is 67.6 cm³/mol. The van der Waals surface area contributed by atoms with Crippen molar-refractivity contribution in [3.8, 4) is 11.5 Å². The summed E-state index contributed by atoms with van der Waals surface area (Å²) in [6.45, 7) is 1.82. The van der Waals surface area contributed by atoms with Gasteiger partial charge in [-0.1, -0.05) is 0 Å². The lowest BCUT2D eigenvalue weighted by Gasteiger charge is -2.10. The van der Waals surface area contributed by atoms with Crippen molar-refractivity contribution in [2.24, 2.45) is 0 Å². The first-order valence-electron chi connectivity index (χ1n) is 4.92. The molecule has 0 spiro atoms. The van der Waals surface area contributed by atoms with Crippen LogP contribution < -0.4 is 10.5 Å². The van der Waals surface area contributed by atoms with Crippen LogP contribution in [0.15, 0.2) is 34.9 Å². The summed E-state index contributed by atoms with van der Waals surface area (Å²) in [7, 11) is 0. The number of nitrogen functional groups attached to an aromatic ring is 1. The molecule has 0 amide bonds. The molecule has 0 unspecified atom stereocenters. The average molecular weight is 297 g/mol. The van der Waals surface area contributed by atoms with Gasteiger partial charge < -0.3 is 10.5 Å². The van der Waals surface area contributed by atoms with E-state index in [2.05, 4.69) is 20.9 Å². The van der Waals surface area contributed by atoms with Crippen molar-refractivity contribution in [3.63, 3.8) is 0 Å². The first kappa shape index (κ1) is 11.9. The Morgan fingerprint density at radius 3 is 2.82 bits per heavy atom. The fraction of sp³-hybridized carbons (Fsp3) is 0.0833. The van der Waals surface area contributed by atoms with Gasteiger partial charge in [0.25, 0.3) is 0 Å². The van der Waals surface area contributed by atoms with E-state index >= 15 is 0 Å². The van der Waals surface area contributed by atoms with Crippen LogP contribution in [0.25, 0.3) is 0 Å². The first-order chi connectivity index (χ1) is 8.08. The molecule has 2 aromatic rings. The average Bonchev–Trinajstić information content (AvgIpc) is 2.29. The van der Waals surface area contributed by atoms with Crippen LogP contribution in [0.4, 0.5) is 10.1 Å². The summed E-state index contributed by atoms with van der Waals surface area (Å²) in [5, 5.41) is 0. The molecule has 3 nitrogen and oxygen atoms in total. The van der Waals surface area contributed by atoms with E-state index in [0.717, 1.165) is 5.69 Å². The van der Waals surface area contributed by atoms with Gasteiger partial charge in [0.05, 0.1) is 15.9 Å². The minimum absolute atomic E-state index is 0.244. The summed E-state index contributed by atoms with van der Waals surface area (Å²) in [6.07, 6.45) is 1.67. The zero-order valence-corrected chi connectivity index (χ0v) is 10.7. The number of benzene rings is 1. The van der Waals surface area contributed by atoms with E-state index < -0.39 is 5.82 Å². The van der Waals surface area contributed by atoms with Gasteiger partial charge in [-0.25, -0.2) is 4.39 Å². The van der Waals surface area contributed by atoms with Crippen LogP contribution >= 0.6 is 15.9 Å². The van der Waals surface area contributed by atoms with Crippen LogP contribution in [0.2, 0.25) is 0 Å². The van der Waals surface area contributed by atoms with Gasteiger partial charge in [-0.15, -0.1) is 0 Å². The highest BCUT2D eigenvalue weighted by Crippen LogP contribution is 2.32. The number of anilines is 1. The van der Waals surface area contributed by atoms with Gasteiger partial charge in [-0.3, -0.25) is 4.98 Å². The van der Waals surface area contributed by atoms with E-state index in [9.17, 15) is 4.39 Å². The third kappa shape index (κ3) is 2.55. The van der Waals surface area contributed by atoms with E-state index in [-0.39, 0.29) is 5.69 Å². The highest BCUT2D eigenvalue weighted by molar-refractivity contribution is 9.10. The zero-order valence-electron chi connectivity index (χ0n) is 9.08. The van der Waals surface area contributed by atoms with Gasteiger partial charge in [0.2, 0.25) is 0 Å². The van der Waals surface area contributed by atoms with E-state index in [1.807, 2.05) is 6.92 Å². The Labute approximate surface area is 107 Å². The smallest absolute Gasteiger partial charge is 0.151 e. The number of nitrogens with two attached hydrogens (primary N) is 1. The molecule has 2 N–H and O–H groups in total. The summed E-state index contributed by atoms with van der Waals surface area (Å²) in [6, 6.07) is 6.25. The molecular weight excluding hydrogens is 287 g/mol. The van der Waals surface area contributed by atoms with Crippen LogP contribution in [-0.4, -0.2) is 4.98 Å². The lowest BCUT2D eigenvalue weighted by atomic mass is 10.3. The van der Waals surface area contributed by atoms with E-state index in [0.29, 0.717) is 16.0 Å². The third-order valence-corrected chi connectivity index (χ3v) is 2.84. The molecule has 88 valence electrons. The van der Waals surface area contributed by atoms with Crippen LogP contribution in [0.3, 0.4) is 0 Å². The number of aromatic nitrogens is 1. The Morgan fingerprint density at radius 2 is 2.12 bits per heavy atom. The van der Waals surface area contributed by atoms with Gasteiger partial charge in [-0.05, 0) is 35.0 Å². The van der Waals surface area contributed by atoms with Crippen molar-refractivity contribution in [1.82, 2.24) is 4.98 Å². The fourth-order valence-electron chi connectivity index (χ4n) is 1.33. The number of hydrogen-bond acceptors (Lipinski definition) is 3. The number of aryl methyl sites for hydroxylation is 1. The summed E-state index contributed by atoms with van der Waals surface area (Å²) < 4.78 is 19.1. The molecule has 17 heavy (non-hydrogen) atoms. The Morgan fingerprint density at radius 1 is 1.35 bits per heavy atom. The fourth-order valence-corrected chi connectivity index (χ4v) is 1.65. The van der Waals surface area contributed by atoms with E-state index in [1.54, 1.807) is 18.3 Å². The number of pyridine rings is 1. The number of hydrogen-bond donors (Lipinski definition) is 1. The molecule has 0 aliphatic heterocycles. The minimum Gasteiger partial charge on any atom is -0.453 e. The molecule has 0 aliphatic carbocycles. The maximum atomic E-state index is 13.2. The number of nitrogens with zero attached hydrogens (tertiary/aromatic N) is 1. The largest absolute Gasteiger partial charge is 0.453 e. The second kappa shape index (κ2) is 4.71. The number of rotatable bonds is 2. The van der Waals surface area contributed by atoms with Crippen LogP contribution in [0.1, 0.15) is 5.69 Å². The normalized spacial score (nSPS) is 10.3. The van der Waals surface area contributed by atoms with Crippen LogP contribution in [-0.2, 0) is 0 Å². The minimum atomic E-state index is -0.419. The van der Waals surface area contributed by atoms with E-state index in [4.69, 9.17) is 10.5 Å². The molecule has 2 rings (SSSR count). The van der Waals surface area contributed by atoms with Crippen molar-refractivity contribution < 1.29 is 9.13 Å². The molecule has 1 aromatic carbocycles.